The predicted molar refractivity (Wildman–Crippen MR) is 113 cm³/mol. The Balaban J connectivity index is 1.57. The standard InChI is InChI=1S/C22H22BrN3O3/c1-14(27)25-10-8-22(9-11-25)26-19(17-12-15(23)6-7-21(17)29-22)13-18(24-26)16-4-2-3-5-20(16)28/h2-7,12,19,28H,8-11,13H2,1H3. The molecule has 1 atom stereocenters. The molecule has 3 aliphatic heterocycles. The maximum Gasteiger partial charge on any atom is 0.219 e. The highest BCUT2D eigenvalue weighted by Crippen LogP contribution is 2.50. The first-order valence-corrected chi connectivity index (χ1v) is 10.7. The van der Waals surface area contributed by atoms with Gasteiger partial charge in [0, 0.05) is 54.9 Å². The molecule has 2 aromatic rings. The van der Waals surface area contributed by atoms with Crippen molar-refractivity contribution in [2.24, 2.45) is 5.10 Å². The molecule has 3 heterocycles. The number of nitrogens with zero attached hydrogens (tertiary/aromatic N) is 3. The third-order valence-corrected chi connectivity index (χ3v) is 6.66. The topological polar surface area (TPSA) is 65.4 Å². The van der Waals surface area contributed by atoms with Gasteiger partial charge in [0.25, 0.3) is 0 Å². The zero-order valence-corrected chi connectivity index (χ0v) is 17.7. The number of hydrazone groups is 1. The molecule has 6 nitrogen and oxygen atoms in total. The number of para-hydroxylation sites is 1. The van der Waals surface area contributed by atoms with Gasteiger partial charge >= 0.3 is 0 Å². The smallest absolute Gasteiger partial charge is 0.219 e. The normalized spacial score (nSPS) is 22.0. The van der Waals surface area contributed by atoms with Gasteiger partial charge in [0.05, 0.1) is 11.8 Å². The number of phenols is 1. The van der Waals surface area contributed by atoms with Gasteiger partial charge in [-0.3, -0.25) is 4.79 Å². The lowest BCUT2D eigenvalue weighted by atomic mass is 9.90. The molecule has 1 unspecified atom stereocenters. The second kappa shape index (κ2) is 6.76. The highest BCUT2D eigenvalue weighted by atomic mass is 79.9. The third kappa shape index (κ3) is 2.99. The van der Waals surface area contributed by atoms with E-state index in [4.69, 9.17) is 9.84 Å². The highest BCUT2D eigenvalue weighted by molar-refractivity contribution is 9.10. The van der Waals surface area contributed by atoms with Crippen LogP contribution in [0.4, 0.5) is 0 Å². The number of carbonyl (C=O) groups excluding carboxylic acids is 1. The number of fused-ring (bicyclic) bond motifs is 4. The summed E-state index contributed by atoms with van der Waals surface area (Å²) in [6, 6.07) is 13.5. The summed E-state index contributed by atoms with van der Waals surface area (Å²) < 4.78 is 7.57. The van der Waals surface area contributed by atoms with E-state index in [0.29, 0.717) is 32.4 Å². The van der Waals surface area contributed by atoms with E-state index in [1.165, 1.54) is 0 Å². The van der Waals surface area contributed by atoms with Gasteiger partial charge in [-0.05, 0) is 30.3 Å². The number of phenolic OH excluding ortho intramolecular Hbond substituents is 1. The number of amides is 1. The van der Waals surface area contributed by atoms with Crippen molar-refractivity contribution in [1.29, 1.82) is 0 Å². The number of likely N-dealkylation sites (tertiary alicyclic amines) is 1. The first kappa shape index (κ1) is 18.5. The molecule has 1 N–H and O–H groups in total. The third-order valence-electron chi connectivity index (χ3n) is 6.16. The summed E-state index contributed by atoms with van der Waals surface area (Å²) in [4.78, 5) is 13.7. The molecule has 0 aliphatic carbocycles. The van der Waals surface area contributed by atoms with Crippen LogP contribution in [0.2, 0.25) is 0 Å². The average Bonchev–Trinajstić information content (AvgIpc) is 3.16. The Morgan fingerprint density at radius 3 is 2.72 bits per heavy atom. The fourth-order valence-corrected chi connectivity index (χ4v) is 5.01. The monoisotopic (exact) mass is 455 g/mol. The molecule has 7 heteroatoms. The highest BCUT2D eigenvalue weighted by Gasteiger charge is 2.52. The SMILES string of the molecule is CC(=O)N1CCC2(CC1)Oc1ccc(Br)cc1C1CC(c3ccccc3O)=NN12. The molecular formula is C22H22BrN3O3. The van der Waals surface area contributed by atoms with Crippen molar-refractivity contribution in [3.63, 3.8) is 0 Å². The molecule has 29 heavy (non-hydrogen) atoms. The Labute approximate surface area is 177 Å². The minimum Gasteiger partial charge on any atom is -0.507 e. The average molecular weight is 456 g/mol. The quantitative estimate of drug-likeness (QED) is 0.704. The van der Waals surface area contributed by atoms with Gasteiger partial charge in [-0.2, -0.15) is 5.10 Å². The Morgan fingerprint density at radius 1 is 1.24 bits per heavy atom. The van der Waals surface area contributed by atoms with Crippen molar-refractivity contribution >= 4 is 27.5 Å². The molecule has 0 saturated carbocycles. The van der Waals surface area contributed by atoms with E-state index in [2.05, 4.69) is 27.0 Å². The Hall–Kier alpha value is -2.54. The summed E-state index contributed by atoms with van der Waals surface area (Å²) in [6.45, 7) is 2.90. The van der Waals surface area contributed by atoms with Gasteiger partial charge in [-0.1, -0.05) is 28.1 Å². The first-order valence-electron chi connectivity index (χ1n) is 9.86. The van der Waals surface area contributed by atoms with Gasteiger partial charge in [0.15, 0.2) is 0 Å². The summed E-state index contributed by atoms with van der Waals surface area (Å²) >= 11 is 3.57. The van der Waals surface area contributed by atoms with E-state index in [9.17, 15) is 9.90 Å². The van der Waals surface area contributed by atoms with E-state index < -0.39 is 5.72 Å². The van der Waals surface area contributed by atoms with E-state index >= 15 is 0 Å². The molecule has 1 amide bonds. The maximum absolute atomic E-state index is 11.8. The van der Waals surface area contributed by atoms with E-state index in [0.717, 1.165) is 27.1 Å². The molecule has 0 radical (unpaired) electrons. The summed E-state index contributed by atoms with van der Waals surface area (Å²) in [5.41, 5.74) is 2.13. The van der Waals surface area contributed by atoms with Gasteiger partial charge in [-0.25, -0.2) is 5.01 Å². The Kier molecular flexibility index (Phi) is 4.31. The van der Waals surface area contributed by atoms with Crippen LogP contribution in [0.3, 0.4) is 0 Å². The maximum atomic E-state index is 11.8. The lowest BCUT2D eigenvalue weighted by Crippen LogP contribution is -2.59. The number of benzene rings is 2. The van der Waals surface area contributed by atoms with E-state index in [1.54, 1.807) is 13.0 Å². The van der Waals surface area contributed by atoms with Crippen LogP contribution in [-0.2, 0) is 4.79 Å². The minimum atomic E-state index is -0.580. The summed E-state index contributed by atoms with van der Waals surface area (Å²) in [6.07, 6.45) is 2.08. The van der Waals surface area contributed by atoms with Gasteiger partial charge in [0.1, 0.15) is 11.5 Å². The number of hydrogen-bond donors (Lipinski definition) is 1. The molecular weight excluding hydrogens is 434 g/mol. The van der Waals surface area contributed by atoms with Gasteiger partial charge in [-0.15, -0.1) is 0 Å². The van der Waals surface area contributed by atoms with Crippen LogP contribution in [0, 0.1) is 0 Å². The molecule has 3 aliphatic rings. The van der Waals surface area contributed by atoms with Crippen LogP contribution in [-0.4, -0.2) is 45.4 Å². The molecule has 0 aromatic heterocycles. The molecule has 1 spiro atoms. The lowest BCUT2D eigenvalue weighted by Gasteiger charge is -2.51. The molecule has 0 bridgehead atoms. The van der Waals surface area contributed by atoms with Gasteiger partial charge < -0.3 is 14.7 Å². The van der Waals surface area contributed by atoms with Crippen molar-refractivity contribution in [2.75, 3.05) is 13.1 Å². The lowest BCUT2D eigenvalue weighted by molar-refractivity contribution is -0.158. The van der Waals surface area contributed by atoms with Crippen molar-refractivity contribution in [1.82, 2.24) is 9.91 Å². The van der Waals surface area contributed by atoms with Crippen LogP contribution in [0.15, 0.2) is 52.0 Å². The van der Waals surface area contributed by atoms with Crippen molar-refractivity contribution < 1.29 is 14.6 Å². The second-order valence-electron chi connectivity index (χ2n) is 7.86. The Morgan fingerprint density at radius 2 is 2.00 bits per heavy atom. The Bertz CT molecular complexity index is 1010. The van der Waals surface area contributed by atoms with Crippen LogP contribution in [0.25, 0.3) is 0 Å². The number of ether oxygens (including phenoxy) is 1. The van der Waals surface area contributed by atoms with Crippen LogP contribution in [0.1, 0.15) is 43.4 Å². The van der Waals surface area contributed by atoms with Crippen LogP contribution in [0.5, 0.6) is 11.5 Å². The molecule has 2 aromatic carbocycles. The van der Waals surface area contributed by atoms with Crippen molar-refractivity contribution in [2.45, 2.75) is 38.0 Å². The molecule has 150 valence electrons. The molecule has 5 rings (SSSR count). The van der Waals surface area contributed by atoms with Crippen molar-refractivity contribution in [3.05, 3.63) is 58.1 Å². The second-order valence-corrected chi connectivity index (χ2v) is 8.78. The fraction of sp³-hybridized carbons (Fsp3) is 0.364. The van der Waals surface area contributed by atoms with Gasteiger partial charge in [0.2, 0.25) is 11.6 Å². The van der Waals surface area contributed by atoms with Crippen LogP contribution < -0.4 is 4.74 Å². The zero-order chi connectivity index (χ0) is 20.2. The number of hydrogen-bond acceptors (Lipinski definition) is 5. The van der Waals surface area contributed by atoms with E-state index in [1.807, 2.05) is 35.2 Å². The molecule has 1 saturated heterocycles. The number of rotatable bonds is 1. The minimum absolute atomic E-state index is 0.0368. The number of aromatic hydroxyl groups is 1. The van der Waals surface area contributed by atoms with Crippen LogP contribution >= 0.6 is 15.9 Å². The van der Waals surface area contributed by atoms with Crippen molar-refractivity contribution in [3.8, 4) is 11.5 Å². The number of halogens is 1. The summed E-state index contributed by atoms with van der Waals surface area (Å²) in [5.74, 6) is 1.21. The summed E-state index contributed by atoms with van der Waals surface area (Å²) in [5, 5.41) is 17.4. The fourth-order valence-electron chi connectivity index (χ4n) is 4.63. The molecule has 1 fully saturated rings. The number of carbonyl (C=O) groups is 1. The number of piperidine rings is 1. The zero-order valence-electron chi connectivity index (χ0n) is 16.1. The largest absolute Gasteiger partial charge is 0.507 e. The van der Waals surface area contributed by atoms with E-state index in [-0.39, 0.29) is 17.7 Å². The first-order chi connectivity index (χ1) is 14.0. The predicted octanol–water partition coefficient (Wildman–Crippen LogP) is 4.04. The summed E-state index contributed by atoms with van der Waals surface area (Å²) in [7, 11) is 0.